The van der Waals surface area contributed by atoms with Crippen molar-refractivity contribution >= 4 is 0 Å². The van der Waals surface area contributed by atoms with Gasteiger partial charge in [0.1, 0.15) is 0 Å². The van der Waals surface area contributed by atoms with E-state index in [0.29, 0.717) is 6.04 Å². The zero-order chi connectivity index (χ0) is 13.6. The van der Waals surface area contributed by atoms with Crippen molar-refractivity contribution in [3.63, 3.8) is 0 Å². The van der Waals surface area contributed by atoms with Crippen molar-refractivity contribution in [2.75, 3.05) is 0 Å². The Hall–Kier alpha value is -0.0400. The van der Waals surface area contributed by atoms with Crippen LogP contribution in [0.1, 0.15) is 97.8 Å². The van der Waals surface area contributed by atoms with Crippen LogP contribution in [0.2, 0.25) is 0 Å². The molecular formula is C17H37N. The fourth-order valence-corrected chi connectivity index (χ4v) is 2.76. The molecule has 0 rings (SSSR count). The summed E-state index contributed by atoms with van der Waals surface area (Å²) in [5.74, 6) is 0.769. The standard InChI is InChI=1S/C17H37N/c1-4-7-9-10-11-12-13-15-17(18)16(6-3)14-8-5-2/h16-17H,4-15,18H2,1-3H3. The van der Waals surface area contributed by atoms with Gasteiger partial charge in [0, 0.05) is 6.04 Å². The van der Waals surface area contributed by atoms with Crippen LogP contribution >= 0.6 is 0 Å². The average molecular weight is 255 g/mol. The van der Waals surface area contributed by atoms with Crippen LogP contribution in [-0.2, 0) is 0 Å². The Balaban J connectivity index is 3.46. The van der Waals surface area contributed by atoms with E-state index < -0.39 is 0 Å². The van der Waals surface area contributed by atoms with E-state index in [1.165, 1.54) is 77.0 Å². The molecular weight excluding hydrogens is 218 g/mol. The predicted octanol–water partition coefficient (Wildman–Crippen LogP) is 5.67. The van der Waals surface area contributed by atoms with E-state index in [0.717, 1.165) is 5.92 Å². The quantitative estimate of drug-likeness (QED) is 0.421. The molecule has 0 aromatic heterocycles. The Labute approximate surface area is 116 Å². The van der Waals surface area contributed by atoms with Gasteiger partial charge in [-0.25, -0.2) is 0 Å². The van der Waals surface area contributed by atoms with E-state index in [4.69, 9.17) is 5.73 Å². The highest BCUT2D eigenvalue weighted by Crippen LogP contribution is 2.20. The molecule has 0 aromatic carbocycles. The van der Waals surface area contributed by atoms with Crippen LogP contribution in [0, 0.1) is 5.92 Å². The molecule has 0 heterocycles. The number of hydrogen-bond acceptors (Lipinski definition) is 1. The van der Waals surface area contributed by atoms with Gasteiger partial charge in [-0.3, -0.25) is 0 Å². The average Bonchev–Trinajstić information content (AvgIpc) is 2.38. The molecule has 0 bridgehead atoms. The highest BCUT2D eigenvalue weighted by atomic mass is 14.6. The van der Waals surface area contributed by atoms with Crippen LogP contribution in [0.4, 0.5) is 0 Å². The van der Waals surface area contributed by atoms with Crippen LogP contribution < -0.4 is 5.73 Å². The number of hydrogen-bond donors (Lipinski definition) is 1. The largest absolute Gasteiger partial charge is 0.327 e. The molecule has 18 heavy (non-hydrogen) atoms. The predicted molar refractivity (Wildman–Crippen MR) is 83.9 cm³/mol. The topological polar surface area (TPSA) is 26.0 Å². The summed E-state index contributed by atoms with van der Waals surface area (Å²) < 4.78 is 0. The summed E-state index contributed by atoms with van der Waals surface area (Å²) in [6.07, 6.45) is 16.3. The van der Waals surface area contributed by atoms with Gasteiger partial charge in [-0.2, -0.15) is 0 Å². The van der Waals surface area contributed by atoms with Crippen LogP contribution in [-0.4, -0.2) is 6.04 Å². The van der Waals surface area contributed by atoms with Crippen molar-refractivity contribution in [3.05, 3.63) is 0 Å². The highest BCUT2D eigenvalue weighted by Gasteiger charge is 2.14. The fraction of sp³-hybridized carbons (Fsp3) is 1.00. The van der Waals surface area contributed by atoms with Crippen LogP contribution in [0.25, 0.3) is 0 Å². The first-order chi connectivity index (χ1) is 8.76. The second-order valence-electron chi connectivity index (χ2n) is 5.88. The number of unbranched alkanes of at least 4 members (excludes halogenated alkanes) is 7. The third kappa shape index (κ3) is 9.94. The molecule has 0 aliphatic heterocycles. The third-order valence-corrected chi connectivity index (χ3v) is 4.20. The SMILES string of the molecule is CCCCCCCCCC(N)C(CC)CCCC. The minimum atomic E-state index is 0.456. The molecule has 0 aliphatic rings. The van der Waals surface area contributed by atoms with Gasteiger partial charge >= 0.3 is 0 Å². The number of nitrogens with two attached hydrogens (primary N) is 1. The van der Waals surface area contributed by atoms with Crippen LogP contribution in [0.3, 0.4) is 0 Å². The van der Waals surface area contributed by atoms with Gasteiger partial charge in [-0.05, 0) is 18.8 Å². The van der Waals surface area contributed by atoms with E-state index in [1.807, 2.05) is 0 Å². The maximum Gasteiger partial charge on any atom is 0.00670 e. The molecule has 0 radical (unpaired) electrons. The second-order valence-corrected chi connectivity index (χ2v) is 5.88. The summed E-state index contributed by atoms with van der Waals surface area (Å²) in [7, 11) is 0. The Kier molecular flexibility index (Phi) is 13.4. The van der Waals surface area contributed by atoms with E-state index in [1.54, 1.807) is 0 Å². The third-order valence-electron chi connectivity index (χ3n) is 4.20. The van der Waals surface area contributed by atoms with Crippen molar-refractivity contribution in [1.82, 2.24) is 0 Å². The van der Waals surface area contributed by atoms with E-state index >= 15 is 0 Å². The van der Waals surface area contributed by atoms with Crippen molar-refractivity contribution in [2.24, 2.45) is 11.7 Å². The Morgan fingerprint density at radius 2 is 1.22 bits per heavy atom. The molecule has 2 atom stereocenters. The summed E-state index contributed by atoms with van der Waals surface area (Å²) in [6, 6.07) is 0.456. The van der Waals surface area contributed by atoms with Crippen LogP contribution in [0.15, 0.2) is 0 Å². The first-order valence-corrected chi connectivity index (χ1v) is 8.51. The van der Waals surface area contributed by atoms with Crippen molar-refractivity contribution in [3.8, 4) is 0 Å². The summed E-state index contributed by atoms with van der Waals surface area (Å²) >= 11 is 0. The van der Waals surface area contributed by atoms with E-state index in [2.05, 4.69) is 20.8 Å². The highest BCUT2D eigenvalue weighted by molar-refractivity contribution is 4.72. The fourth-order valence-electron chi connectivity index (χ4n) is 2.76. The molecule has 110 valence electrons. The van der Waals surface area contributed by atoms with E-state index in [-0.39, 0.29) is 0 Å². The zero-order valence-corrected chi connectivity index (χ0v) is 13.2. The molecule has 0 spiro atoms. The maximum atomic E-state index is 6.33. The van der Waals surface area contributed by atoms with Gasteiger partial charge in [0.15, 0.2) is 0 Å². The van der Waals surface area contributed by atoms with Gasteiger partial charge in [0.25, 0.3) is 0 Å². The number of rotatable bonds is 13. The Morgan fingerprint density at radius 3 is 1.78 bits per heavy atom. The molecule has 0 amide bonds. The monoisotopic (exact) mass is 255 g/mol. The lowest BCUT2D eigenvalue weighted by molar-refractivity contribution is 0.346. The molecule has 0 aromatic rings. The summed E-state index contributed by atoms with van der Waals surface area (Å²) in [5.41, 5.74) is 6.33. The molecule has 0 saturated carbocycles. The Bertz CT molecular complexity index is 156. The van der Waals surface area contributed by atoms with E-state index in [9.17, 15) is 0 Å². The molecule has 0 saturated heterocycles. The van der Waals surface area contributed by atoms with Gasteiger partial charge in [-0.1, -0.05) is 85.0 Å². The van der Waals surface area contributed by atoms with Gasteiger partial charge in [-0.15, -0.1) is 0 Å². The van der Waals surface area contributed by atoms with Gasteiger partial charge in [0.2, 0.25) is 0 Å². The van der Waals surface area contributed by atoms with Crippen molar-refractivity contribution < 1.29 is 0 Å². The summed E-state index contributed by atoms with van der Waals surface area (Å²) in [5, 5.41) is 0. The molecule has 1 heteroatoms. The van der Waals surface area contributed by atoms with Gasteiger partial charge in [0.05, 0.1) is 0 Å². The summed E-state index contributed by atoms with van der Waals surface area (Å²) in [6.45, 7) is 6.85. The van der Waals surface area contributed by atoms with Crippen molar-refractivity contribution in [2.45, 2.75) is 104 Å². The Morgan fingerprint density at radius 1 is 0.667 bits per heavy atom. The zero-order valence-electron chi connectivity index (χ0n) is 13.2. The lowest BCUT2D eigenvalue weighted by Gasteiger charge is -2.22. The first kappa shape index (κ1) is 18.0. The second kappa shape index (κ2) is 13.4. The minimum Gasteiger partial charge on any atom is -0.327 e. The van der Waals surface area contributed by atoms with Crippen molar-refractivity contribution in [1.29, 1.82) is 0 Å². The lowest BCUT2D eigenvalue weighted by atomic mass is 9.88. The first-order valence-electron chi connectivity index (χ1n) is 8.51. The molecule has 2 unspecified atom stereocenters. The smallest absolute Gasteiger partial charge is 0.00670 e. The molecule has 0 fully saturated rings. The molecule has 0 aliphatic carbocycles. The van der Waals surface area contributed by atoms with Crippen LogP contribution in [0.5, 0.6) is 0 Å². The normalized spacial score (nSPS) is 14.7. The van der Waals surface area contributed by atoms with Gasteiger partial charge < -0.3 is 5.73 Å². The maximum absolute atomic E-state index is 6.33. The summed E-state index contributed by atoms with van der Waals surface area (Å²) in [4.78, 5) is 0. The molecule has 2 N–H and O–H groups in total. The minimum absolute atomic E-state index is 0.456. The molecule has 1 nitrogen and oxygen atoms in total. The lowest BCUT2D eigenvalue weighted by Crippen LogP contribution is -2.29.